The van der Waals surface area contributed by atoms with Gasteiger partial charge in [0.25, 0.3) is 5.91 Å². The lowest BCUT2D eigenvalue weighted by Crippen LogP contribution is -2.51. The van der Waals surface area contributed by atoms with E-state index in [0.717, 1.165) is 0 Å². The van der Waals surface area contributed by atoms with Gasteiger partial charge >= 0.3 is 5.97 Å². The smallest absolute Gasteiger partial charge is 0.334 e. The fourth-order valence-corrected chi connectivity index (χ4v) is 2.56. The maximum Gasteiger partial charge on any atom is 0.334 e. The number of carbonyl (C=O) groups excluding carboxylic acids is 1. The molecule has 0 bridgehead atoms. The van der Waals surface area contributed by atoms with Gasteiger partial charge in [0.1, 0.15) is 5.69 Å². The molecule has 7 heteroatoms. The number of halogens is 1. The van der Waals surface area contributed by atoms with E-state index in [1.54, 1.807) is 48.1 Å². The highest BCUT2D eigenvalue weighted by atomic mass is 35.5. The number of aromatic nitrogens is 2. The molecule has 6 nitrogen and oxygen atoms in total. The lowest BCUT2D eigenvalue weighted by Gasteiger charge is -2.29. The summed E-state index contributed by atoms with van der Waals surface area (Å²) in [5, 5.41) is 17.1. The van der Waals surface area contributed by atoms with Crippen LogP contribution in [0.5, 0.6) is 0 Å². The standard InChI is InChI=1S/C17H20ClN3O3/c1-4-17(16(23)24,12-5-7-13(18)8-6-12)19-15(22)14-9-10-21(20-14)11(2)3/h5-11H,4H2,1-3H3,(H,19,22)(H,23,24). The Hall–Kier alpha value is -2.34. The Labute approximate surface area is 145 Å². The molecule has 2 N–H and O–H groups in total. The largest absolute Gasteiger partial charge is 0.479 e. The van der Waals surface area contributed by atoms with Gasteiger partial charge in [0, 0.05) is 17.3 Å². The lowest BCUT2D eigenvalue weighted by atomic mass is 9.87. The first-order chi connectivity index (χ1) is 11.3. The summed E-state index contributed by atoms with van der Waals surface area (Å²) in [6.07, 6.45) is 1.87. The van der Waals surface area contributed by atoms with Crippen molar-refractivity contribution in [2.75, 3.05) is 0 Å². The van der Waals surface area contributed by atoms with Gasteiger partial charge in [-0.05, 0) is 44.0 Å². The van der Waals surface area contributed by atoms with Gasteiger partial charge in [-0.2, -0.15) is 5.10 Å². The SMILES string of the molecule is CCC(NC(=O)c1ccn(C(C)C)n1)(C(=O)O)c1ccc(Cl)cc1. The highest BCUT2D eigenvalue weighted by molar-refractivity contribution is 6.30. The van der Waals surface area contributed by atoms with Crippen LogP contribution in [0.25, 0.3) is 0 Å². The molecule has 1 atom stereocenters. The molecule has 1 aromatic heterocycles. The van der Waals surface area contributed by atoms with Crippen molar-refractivity contribution in [3.05, 3.63) is 52.8 Å². The third kappa shape index (κ3) is 3.43. The molecule has 0 aliphatic heterocycles. The Kier molecular flexibility index (Phi) is 5.29. The van der Waals surface area contributed by atoms with Crippen molar-refractivity contribution >= 4 is 23.5 Å². The van der Waals surface area contributed by atoms with Gasteiger partial charge in [-0.15, -0.1) is 0 Å². The molecule has 2 rings (SSSR count). The first kappa shape index (κ1) is 18.0. The number of rotatable bonds is 6. The molecular weight excluding hydrogens is 330 g/mol. The predicted octanol–water partition coefficient (Wildman–Crippen LogP) is 3.24. The molecule has 24 heavy (non-hydrogen) atoms. The average molecular weight is 350 g/mol. The van der Waals surface area contributed by atoms with E-state index in [1.807, 2.05) is 13.8 Å². The van der Waals surface area contributed by atoms with Gasteiger partial charge in [-0.3, -0.25) is 9.48 Å². The Morgan fingerprint density at radius 3 is 2.38 bits per heavy atom. The molecule has 0 aliphatic rings. The fraction of sp³-hybridized carbons (Fsp3) is 0.353. The highest BCUT2D eigenvalue weighted by Crippen LogP contribution is 2.27. The van der Waals surface area contributed by atoms with Crippen molar-refractivity contribution in [2.45, 2.75) is 38.8 Å². The molecule has 0 saturated heterocycles. The molecule has 0 fully saturated rings. The van der Waals surface area contributed by atoms with Gasteiger partial charge in [-0.25, -0.2) is 4.79 Å². The van der Waals surface area contributed by atoms with Crippen LogP contribution in [0, 0.1) is 0 Å². The van der Waals surface area contributed by atoms with Crippen molar-refractivity contribution < 1.29 is 14.7 Å². The number of hydrogen-bond donors (Lipinski definition) is 2. The minimum absolute atomic E-state index is 0.109. The predicted molar refractivity (Wildman–Crippen MR) is 91.1 cm³/mol. The van der Waals surface area contributed by atoms with E-state index >= 15 is 0 Å². The summed E-state index contributed by atoms with van der Waals surface area (Å²) < 4.78 is 1.64. The molecular formula is C17H20ClN3O3. The zero-order valence-electron chi connectivity index (χ0n) is 13.8. The van der Waals surface area contributed by atoms with Gasteiger partial charge in [0.2, 0.25) is 0 Å². The van der Waals surface area contributed by atoms with Crippen LogP contribution in [0.1, 0.15) is 49.3 Å². The first-order valence-electron chi connectivity index (χ1n) is 7.67. The third-order valence-corrected chi connectivity index (χ3v) is 4.18. The van der Waals surface area contributed by atoms with E-state index in [2.05, 4.69) is 10.4 Å². The Bertz CT molecular complexity index is 740. The van der Waals surface area contributed by atoms with Crippen LogP contribution < -0.4 is 5.32 Å². The number of aliphatic carboxylic acids is 1. The van der Waals surface area contributed by atoms with E-state index in [-0.39, 0.29) is 18.2 Å². The monoisotopic (exact) mass is 349 g/mol. The van der Waals surface area contributed by atoms with Crippen molar-refractivity contribution in [3.8, 4) is 0 Å². The molecule has 0 radical (unpaired) electrons. The zero-order chi connectivity index (χ0) is 17.9. The first-order valence-corrected chi connectivity index (χ1v) is 8.05. The number of amides is 1. The molecule has 1 amide bonds. The minimum atomic E-state index is -1.54. The molecule has 2 aromatic rings. The number of carboxylic acids is 1. The van der Waals surface area contributed by atoms with Crippen molar-refractivity contribution in [3.63, 3.8) is 0 Å². The van der Waals surface area contributed by atoms with Crippen molar-refractivity contribution in [1.29, 1.82) is 0 Å². The van der Waals surface area contributed by atoms with E-state index in [9.17, 15) is 14.7 Å². The van der Waals surface area contributed by atoms with Crippen molar-refractivity contribution in [2.24, 2.45) is 0 Å². The quantitative estimate of drug-likeness (QED) is 0.838. The summed E-state index contributed by atoms with van der Waals surface area (Å²) in [7, 11) is 0. The van der Waals surface area contributed by atoms with Crippen LogP contribution in [0.4, 0.5) is 0 Å². The second-order valence-electron chi connectivity index (χ2n) is 5.80. The highest BCUT2D eigenvalue weighted by Gasteiger charge is 2.40. The number of nitrogens with zero attached hydrogens (tertiary/aromatic N) is 2. The molecule has 1 heterocycles. The minimum Gasteiger partial charge on any atom is -0.479 e. The molecule has 0 saturated carbocycles. The number of benzene rings is 1. The fourth-order valence-electron chi connectivity index (χ4n) is 2.43. The van der Waals surface area contributed by atoms with E-state index in [0.29, 0.717) is 10.6 Å². The van der Waals surface area contributed by atoms with E-state index in [4.69, 9.17) is 11.6 Å². The Morgan fingerprint density at radius 2 is 1.92 bits per heavy atom. The third-order valence-electron chi connectivity index (χ3n) is 3.93. The van der Waals surface area contributed by atoms with Crippen LogP contribution in [0.3, 0.4) is 0 Å². The second kappa shape index (κ2) is 7.05. The number of carbonyl (C=O) groups is 2. The van der Waals surface area contributed by atoms with Gasteiger partial charge < -0.3 is 10.4 Å². The summed E-state index contributed by atoms with van der Waals surface area (Å²) in [5.74, 6) is -1.67. The van der Waals surface area contributed by atoms with Crippen LogP contribution in [0.15, 0.2) is 36.5 Å². The van der Waals surface area contributed by atoms with Gasteiger partial charge in [0.15, 0.2) is 5.54 Å². The summed E-state index contributed by atoms with van der Waals surface area (Å²) in [6, 6.07) is 8.09. The van der Waals surface area contributed by atoms with Crippen LogP contribution >= 0.6 is 11.6 Å². The van der Waals surface area contributed by atoms with Gasteiger partial charge in [0.05, 0.1) is 0 Å². The number of nitrogens with one attached hydrogen (secondary N) is 1. The topological polar surface area (TPSA) is 84.2 Å². The average Bonchev–Trinajstić information content (AvgIpc) is 3.03. The zero-order valence-corrected chi connectivity index (χ0v) is 14.5. The van der Waals surface area contributed by atoms with Crippen LogP contribution in [-0.2, 0) is 10.3 Å². The molecule has 128 valence electrons. The second-order valence-corrected chi connectivity index (χ2v) is 6.24. The maximum absolute atomic E-state index is 12.5. The number of carboxylic acid groups (broad SMARTS) is 1. The molecule has 1 unspecified atom stereocenters. The normalized spacial score (nSPS) is 13.5. The maximum atomic E-state index is 12.5. The van der Waals surface area contributed by atoms with Crippen molar-refractivity contribution in [1.82, 2.24) is 15.1 Å². The van der Waals surface area contributed by atoms with Gasteiger partial charge in [-0.1, -0.05) is 30.7 Å². The molecule has 0 aliphatic carbocycles. The van der Waals surface area contributed by atoms with E-state index in [1.165, 1.54) is 0 Å². The Morgan fingerprint density at radius 1 is 1.29 bits per heavy atom. The van der Waals surface area contributed by atoms with Crippen LogP contribution in [0.2, 0.25) is 5.02 Å². The molecule has 1 aromatic carbocycles. The van der Waals surface area contributed by atoms with Crippen LogP contribution in [-0.4, -0.2) is 26.8 Å². The van der Waals surface area contributed by atoms with E-state index < -0.39 is 17.4 Å². The summed E-state index contributed by atoms with van der Waals surface area (Å²) in [5.41, 5.74) is -0.904. The summed E-state index contributed by atoms with van der Waals surface area (Å²) in [4.78, 5) is 24.5. The summed E-state index contributed by atoms with van der Waals surface area (Å²) >= 11 is 5.87. The lowest BCUT2D eigenvalue weighted by molar-refractivity contribution is -0.145. The Balaban J connectivity index is 2.36. The summed E-state index contributed by atoms with van der Waals surface area (Å²) in [6.45, 7) is 5.59. The molecule has 0 spiro atoms. The number of hydrogen-bond acceptors (Lipinski definition) is 3.